The second-order valence-electron chi connectivity index (χ2n) is 5.45. The third kappa shape index (κ3) is 2.56. The Bertz CT molecular complexity index is 873. The molecule has 0 N–H and O–H groups in total. The first-order chi connectivity index (χ1) is 11.8. The summed E-state index contributed by atoms with van der Waals surface area (Å²) < 4.78 is 10.8. The van der Waals surface area contributed by atoms with E-state index in [2.05, 4.69) is 10.1 Å². The van der Waals surface area contributed by atoms with Crippen molar-refractivity contribution in [3.63, 3.8) is 0 Å². The molecule has 7 heteroatoms. The van der Waals surface area contributed by atoms with Crippen molar-refractivity contribution in [1.82, 2.24) is 10.1 Å². The molecule has 0 unspecified atom stereocenters. The summed E-state index contributed by atoms with van der Waals surface area (Å²) in [6.07, 6.45) is 0.875. The highest BCUT2D eigenvalue weighted by Gasteiger charge is 2.25. The summed E-state index contributed by atoms with van der Waals surface area (Å²) in [6, 6.07) is 7.54. The monoisotopic (exact) mass is 341 g/mol. The molecule has 1 aromatic carbocycles. The van der Waals surface area contributed by atoms with Crippen molar-refractivity contribution in [3.8, 4) is 28.6 Å². The highest BCUT2D eigenvalue weighted by Crippen LogP contribution is 2.36. The van der Waals surface area contributed by atoms with E-state index in [1.165, 1.54) is 0 Å². The average molecular weight is 341 g/mol. The van der Waals surface area contributed by atoms with Crippen LogP contribution in [-0.2, 0) is 4.79 Å². The molecule has 0 atom stereocenters. The lowest BCUT2D eigenvalue weighted by Crippen LogP contribution is -2.39. The molecule has 1 aliphatic heterocycles. The number of ether oxygens (including phenoxy) is 1. The van der Waals surface area contributed by atoms with Gasteiger partial charge in [0.15, 0.2) is 6.61 Å². The zero-order valence-electron chi connectivity index (χ0n) is 13.1. The lowest BCUT2D eigenvalue weighted by molar-refractivity contribution is -0.121. The Morgan fingerprint density at radius 2 is 2.21 bits per heavy atom. The highest BCUT2D eigenvalue weighted by atomic mass is 32.1. The fourth-order valence-electron chi connectivity index (χ4n) is 2.65. The molecule has 2 aromatic heterocycles. The maximum atomic E-state index is 12.1. The number of thiophene rings is 1. The number of hydrogen-bond donors (Lipinski definition) is 0. The predicted octanol–water partition coefficient (Wildman–Crippen LogP) is 3.60. The van der Waals surface area contributed by atoms with Crippen molar-refractivity contribution in [2.75, 3.05) is 18.1 Å². The van der Waals surface area contributed by atoms with Gasteiger partial charge >= 0.3 is 0 Å². The van der Waals surface area contributed by atoms with Gasteiger partial charge in [0.2, 0.25) is 5.82 Å². The molecule has 3 aromatic rings. The summed E-state index contributed by atoms with van der Waals surface area (Å²) in [7, 11) is 0. The Balaban J connectivity index is 1.71. The molecule has 24 heavy (non-hydrogen) atoms. The number of amides is 1. The second-order valence-corrected chi connectivity index (χ2v) is 6.23. The SMILES string of the molecule is CCCN1C(=O)COc2ccc(-c3noc(-c4ccsc4)n3)cc21. The number of fused-ring (bicyclic) bond motifs is 1. The lowest BCUT2D eigenvalue weighted by Gasteiger charge is -2.29. The van der Waals surface area contributed by atoms with E-state index in [9.17, 15) is 4.79 Å². The van der Waals surface area contributed by atoms with Crippen molar-refractivity contribution >= 4 is 22.9 Å². The van der Waals surface area contributed by atoms with Crippen LogP contribution >= 0.6 is 11.3 Å². The van der Waals surface area contributed by atoms with Crippen molar-refractivity contribution in [2.45, 2.75) is 13.3 Å². The summed E-state index contributed by atoms with van der Waals surface area (Å²) in [5.41, 5.74) is 2.45. The van der Waals surface area contributed by atoms with Gasteiger partial charge in [-0.15, -0.1) is 0 Å². The third-order valence-electron chi connectivity index (χ3n) is 3.80. The van der Waals surface area contributed by atoms with Gasteiger partial charge in [0.1, 0.15) is 5.75 Å². The highest BCUT2D eigenvalue weighted by molar-refractivity contribution is 7.08. The van der Waals surface area contributed by atoms with E-state index in [1.807, 2.05) is 41.9 Å². The molecule has 1 amide bonds. The number of aromatic nitrogens is 2. The molecule has 6 nitrogen and oxygen atoms in total. The van der Waals surface area contributed by atoms with Gasteiger partial charge in [-0.3, -0.25) is 4.79 Å². The first kappa shape index (κ1) is 14.9. The van der Waals surface area contributed by atoms with E-state index in [0.717, 1.165) is 23.2 Å². The maximum Gasteiger partial charge on any atom is 0.265 e. The fraction of sp³-hybridized carbons (Fsp3) is 0.235. The molecule has 3 heterocycles. The van der Waals surface area contributed by atoms with E-state index in [1.54, 1.807) is 16.2 Å². The maximum absolute atomic E-state index is 12.1. The Kier molecular flexibility index (Phi) is 3.78. The van der Waals surface area contributed by atoms with Gasteiger partial charge in [-0.2, -0.15) is 16.3 Å². The first-order valence-corrected chi connectivity index (χ1v) is 8.64. The van der Waals surface area contributed by atoms with Crippen molar-refractivity contribution in [2.24, 2.45) is 0 Å². The van der Waals surface area contributed by atoms with Gasteiger partial charge < -0.3 is 14.2 Å². The van der Waals surface area contributed by atoms with Gasteiger partial charge in [0.05, 0.1) is 11.3 Å². The van der Waals surface area contributed by atoms with E-state index in [4.69, 9.17) is 9.26 Å². The van der Waals surface area contributed by atoms with Crippen molar-refractivity contribution in [1.29, 1.82) is 0 Å². The minimum Gasteiger partial charge on any atom is -0.482 e. The number of rotatable bonds is 4. The number of benzene rings is 1. The van der Waals surface area contributed by atoms with Gasteiger partial charge in [-0.05, 0) is 36.1 Å². The molecule has 4 rings (SSSR count). The average Bonchev–Trinajstić information content (AvgIpc) is 3.28. The van der Waals surface area contributed by atoms with Gasteiger partial charge in [0.25, 0.3) is 11.8 Å². The van der Waals surface area contributed by atoms with Crippen LogP contribution in [-0.4, -0.2) is 29.2 Å². The minimum absolute atomic E-state index is 0.0337. The molecule has 0 fully saturated rings. The quantitative estimate of drug-likeness (QED) is 0.725. The molecule has 0 saturated heterocycles. The lowest BCUT2D eigenvalue weighted by atomic mass is 10.1. The normalized spacial score (nSPS) is 13.7. The molecule has 1 aliphatic rings. The van der Waals surface area contributed by atoms with Crippen LogP contribution in [0.5, 0.6) is 5.75 Å². The summed E-state index contributed by atoms with van der Waals surface area (Å²) in [5, 5.41) is 7.98. The number of carbonyl (C=O) groups is 1. The molecule has 0 aliphatic carbocycles. The Morgan fingerprint density at radius 1 is 1.29 bits per heavy atom. The van der Waals surface area contributed by atoms with E-state index < -0.39 is 0 Å². The molecule has 0 saturated carbocycles. The Hall–Kier alpha value is -2.67. The molecule has 0 radical (unpaired) electrons. The first-order valence-electron chi connectivity index (χ1n) is 7.70. The Labute approximate surface area is 142 Å². The van der Waals surface area contributed by atoms with Gasteiger partial charge in [0, 0.05) is 17.5 Å². The topological polar surface area (TPSA) is 68.5 Å². The van der Waals surface area contributed by atoms with Crippen LogP contribution in [0.4, 0.5) is 5.69 Å². The van der Waals surface area contributed by atoms with Crippen LogP contribution in [0.3, 0.4) is 0 Å². The van der Waals surface area contributed by atoms with Gasteiger partial charge in [-0.1, -0.05) is 12.1 Å². The molecular weight excluding hydrogens is 326 g/mol. The second kappa shape index (κ2) is 6.09. The van der Waals surface area contributed by atoms with E-state index >= 15 is 0 Å². The van der Waals surface area contributed by atoms with Crippen LogP contribution in [0.2, 0.25) is 0 Å². The van der Waals surface area contributed by atoms with Crippen molar-refractivity contribution in [3.05, 3.63) is 35.0 Å². The minimum atomic E-state index is -0.0337. The smallest absolute Gasteiger partial charge is 0.265 e. The Morgan fingerprint density at radius 3 is 3.00 bits per heavy atom. The standard InChI is InChI=1S/C17H15N3O3S/c1-2-6-20-13-8-11(3-4-14(13)22-9-15(20)21)16-18-17(23-19-16)12-5-7-24-10-12/h3-5,7-8,10H,2,6,9H2,1H3. The summed E-state index contributed by atoms with van der Waals surface area (Å²) in [6.45, 7) is 2.78. The number of nitrogens with zero attached hydrogens (tertiary/aromatic N) is 3. The van der Waals surface area contributed by atoms with Crippen LogP contribution in [0.15, 0.2) is 39.5 Å². The largest absolute Gasteiger partial charge is 0.482 e. The summed E-state index contributed by atoms with van der Waals surface area (Å²) in [5.74, 6) is 1.65. The fourth-order valence-corrected chi connectivity index (χ4v) is 3.28. The van der Waals surface area contributed by atoms with E-state index in [0.29, 0.717) is 24.0 Å². The molecule has 0 bridgehead atoms. The van der Waals surface area contributed by atoms with Crippen LogP contribution in [0.25, 0.3) is 22.8 Å². The third-order valence-corrected chi connectivity index (χ3v) is 4.48. The van der Waals surface area contributed by atoms with Crippen molar-refractivity contribution < 1.29 is 14.1 Å². The zero-order chi connectivity index (χ0) is 16.5. The van der Waals surface area contributed by atoms with Crippen LogP contribution < -0.4 is 9.64 Å². The van der Waals surface area contributed by atoms with Crippen LogP contribution in [0, 0.1) is 0 Å². The molecular formula is C17H15N3O3S. The van der Waals surface area contributed by atoms with Crippen LogP contribution in [0.1, 0.15) is 13.3 Å². The number of hydrogen-bond acceptors (Lipinski definition) is 6. The molecule has 0 spiro atoms. The number of anilines is 1. The van der Waals surface area contributed by atoms with E-state index in [-0.39, 0.29) is 12.5 Å². The predicted molar refractivity (Wildman–Crippen MR) is 91.2 cm³/mol. The molecule has 122 valence electrons. The summed E-state index contributed by atoms with van der Waals surface area (Å²) in [4.78, 5) is 18.3. The van der Waals surface area contributed by atoms with Gasteiger partial charge in [-0.25, -0.2) is 0 Å². The zero-order valence-corrected chi connectivity index (χ0v) is 13.9. The number of carbonyl (C=O) groups excluding carboxylic acids is 1. The summed E-state index contributed by atoms with van der Waals surface area (Å²) >= 11 is 1.58.